The van der Waals surface area contributed by atoms with Crippen LogP contribution in [0.4, 0.5) is 17.3 Å². The van der Waals surface area contributed by atoms with Crippen LogP contribution in [0.2, 0.25) is 0 Å². The zero-order chi connectivity index (χ0) is 23.6. The van der Waals surface area contributed by atoms with Crippen molar-refractivity contribution in [2.45, 2.75) is 31.5 Å². The number of likely N-dealkylation sites (tertiary alicyclic amines) is 1. The van der Waals surface area contributed by atoms with Crippen LogP contribution in [0.5, 0.6) is 0 Å². The summed E-state index contributed by atoms with van der Waals surface area (Å²) in [6.45, 7) is 0.0303. The van der Waals surface area contributed by atoms with E-state index in [9.17, 15) is 9.59 Å². The Bertz CT molecular complexity index is 1480. The van der Waals surface area contributed by atoms with Crippen molar-refractivity contribution < 1.29 is 9.59 Å². The van der Waals surface area contributed by atoms with Crippen LogP contribution in [0.25, 0.3) is 21.9 Å². The van der Waals surface area contributed by atoms with Crippen molar-refractivity contribution >= 4 is 67.0 Å². The molecule has 0 bridgehead atoms. The number of anilines is 3. The maximum absolute atomic E-state index is 13.6. The highest BCUT2D eigenvalue weighted by Gasteiger charge is 2.56. The van der Waals surface area contributed by atoms with Crippen LogP contribution in [0.15, 0.2) is 47.3 Å². The molecule has 3 atom stereocenters. The molecule has 4 aromatic rings. The summed E-state index contributed by atoms with van der Waals surface area (Å²) in [5.41, 5.74) is 14.1. The number of hydrogen-bond acceptors (Lipinski definition) is 7. The zero-order valence-corrected chi connectivity index (χ0v) is 19.6. The molecule has 1 aromatic carbocycles. The number of piperidine rings is 1. The van der Waals surface area contributed by atoms with Crippen LogP contribution in [0, 0.1) is 5.92 Å². The molecule has 1 saturated heterocycles. The van der Waals surface area contributed by atoms with Crippen LogP contribution < -0.4 is 16.8 Å². The van der Waals surface area contributed by atoms with E-state index in [-0.39, 0.29) is 24.4 Å². The van der Waals surface area contributed by atoms with Gasteiger partial charge in [-0.1, -0.05) is 6.07 Å². The Morgan fingerprint density at radius 3 is 2.82 bits per heavy atom. The van der Waals surface area contributed by atoms with Crippen molar-refractivity contribution in [1.82, 2.24) is 24.4 Å². The minimum absolute atomic E-state index is 0.0303. The fraction of sp³-hybridized carbons (Fsp3) is 0.261. The Balaban J connectivity index is 1.32. The van der Waals surface area contributed by atoms with Crippen LogP contribution >= 0.6 is 15.9 Å². The van der Waals surface area contributed by atoms with Crippen LogP contribution in [0.3, 0.4) is 0 Å². The highest BCUT2D eigenvalue weighted by molar-refractivity contribution is 9.10. The summed E-state index contributed by atoms with van der Waals surface area (Å²) in [4.78, 5) is 41.2. The van der Waals surface area contributed by atoms with E-state index in [1.807, 2.05) is 16.7 Å². The van der Waals surface area contributed by atoms with Gasteiger partial charge >= 0.3 is 0 Å². The number of nitrogens with zero attached hydrogens (tertiary/aromatic N) is 5. The molecular weight excluding hydrogens is 500 g/mol. The summed E-state index contributed by atoms with van der Waals surface area (Å²) in [5, 5.41) is 4.31. The molecule has 6 rings (SSSR count). The third-order valence-electron chi connectivity index (χ3n) is 6.65. The molecule has 4 heterocycles. The lowest BCUT2D eigenvalue weighted by atomic mass is 10.1. The fourth-order valence-corrected chi connectivity index (χ4v) is 5.41. The first-order valence-corrected chi connectivity index (χ1v) is 11.7. The standard InChI is InChI=1S/C23H21BrN8O2/c24-17-2-1-3-18(29-17)30-23(34)16-7-11-6-15(11)32(16)19(33)9-31-14-5-4-12(25)8-13(14)20-21(26)27-10-28-22(20)31/h1-5,8,10-11,15-16H,6-7,9,25H2,(H2,26,27,28)(H,29,30,34)/t11-,15-,16+/m1/s1. The molecule has 172 valence electrons. The maximum atomic E-state index is 13.6. The number of nitrogens with one attached hydrogen (secondary N) is 1. The number of nitrogens with two attached hydrogens (primary N) is 2. The van der Waals surface area contributed by atoms with Gasteiger partial charge < -0.3 is 26.3 Å². The zero-order valence-electron chi connectivity index (χ0n) is 18.0. The number of fused-ring (bicyclic) bond motifs is 4. The minimum Gasteiger partial charge on any atom is -0.399 e. The van der Waals surface area contributed by atoms with Gasteiger partial charge in [0.05, 0.1) is 10.9 Å². The van der Waals surface area contributed by atoms with Crippen molar-refractivity contribution in [2.75, 3.05) is 16.8 Å². The average molecular weight is 521 g/mol. The van der Waals surface area contributed by atoms with Gasteiger partial charge in [-0.3, -0.25) is 9.59 Å². The average Bonchev–Trinajstić information content (AvgIpc) is 3.35. The number of rotatable bonds is 4. The summed E-state index contributed by atoms with van der Waals surface area (Å²) < 4.78 is 2.45. The lowest BCUT2D eigenvalue weighted by Gasteiger charge is -2.27. The van der Waals surface area contributed by atoms with E-state index in [4.69, 9.17) is 11.5 Å². The molecule has 34 heavy (non-hydrogen) atoms. The van der Waals surface area contributed by atoms with Gasteiger partial charge in [-0.2, -0.15) is 0 Å². The third kappa shape index (κ3) is 3.35. The predicted molar refractivity (Wildman–Crippen MR) is 132 cm³/mol. The number of amides is 2. The second-order valence-electron chi connectivity index (χ2n) is 8.77. The summed E-state index contributed by atoms with van der Waals surface area (Å²) in [6, 6.07) is 10.3. The van der Waals surface area contributed by atoms with E-state index < -0.39 is 6.04 Å². The van der Waals surface area contributed by atoms with Gasteiger partial charge in [0.15, 0.2) is 0 Å². The van der Waals surface area contributed by atoms with Crippen molar-refractivity contribution in [1.29, 1.82) is 0 Å². The van der Waals surface area contributed by atoms with Crippen LogP contribution in [0.1, 0.15) is 12.8 Å². The summed E-state index contributed by atoms with van der Waals surface area (Å²) >= 11 is 3.31. The number of hydrogen-bond donors (Lipinski definition) is 3. The molecule has 3 aromatic heterocycles. The van der Waals surface area contributed by atoms with Crippen molar-refractivity contribution in [3.63, 3.8) is 0 Å². The molecule has 2 fully saturated rings. The van der Waals surface area contributed by atoms with E-state index in [1.54, 1.807) is 29.2 Å². The normalized spacial score (nSPS) is 21.1. The Kier molecular flexibility index (Phi) is 4.70. The van der Waals surface area contributed by atoms with Gasteiger partial charge in [0.25, 0.3) is 0 Å². The van der Waals surface area contributed by atoms with Gasteiger partial charge in [0, 0.05) is 17.1 Å². The number of carbonyl (C=O) groups excluding carboxylic acids is 2. The quantitative estimate of drug-likeness (QED) is 0.276. The molecule has 1 aliphatic carbocycles. The molecule has 11 heteroatoms. The predicted octanol–water partition coefficient (Wildman–Crippen LogP) is 2.53. The molecule has 0 unspecified atom stereocenters. The first kappa shape index (κ1) is 20.8. The van der Waals surface area contributed by atoms with E-state index >= 15 is 0 Å². The first-order valence-electron chi connectivity index (χ1n) is 10.9. The van der Waals surface area contributed by atoms with E-state index in [0.717, 1.165) is 17.3 Å². The van der Waals surface area contributed by atoms with Crippen molar-refractivity contribution in [3.8, 4) is 0 Å². The van der Waals surface area contributed by atoms with Gasteiger partial charge in [0.2, 0.25) is 11.8 Å². The molecule has 5 N–H and O–H groups in total. The van der Waals surface area contributed by atoms with Crippen LogP contribution in [-0.2, 0) is 16.1 Å². The number of halogens is 1. The molecular formula is C23H21BrN8O2. The highest BCUT2D eigenvalue weighted by Crippen LogP contribution is 2.48. The molecule has 0 spiro atoms. The van der Waals surface area contributed by atoms with Gasteiger partial charge in [-0.25, -0.2) is 15.0 Å². The largest absolute Gasteiger partial charge is 0.399 e. The highest BCUT2D eigenvalue weighted by atomic mass is 79.9. The molecule has 1 aliphatic heterocycles. The van der Waals surface area contributed by atoms with Crippen molar-refractivity contribution in [3.05, 3.63) is 47.3 Å². The lowest BCUT2D eigenvalue weighted by molar-refractivity contribution is -0.138. The first-order chi connectivity index (χ1) is 16.4. The fourth-order valence-electron chi connectivity index (χ4n) is 5.07. The molecule has 0 radical (unpaired) electrons. The monoisotopic (exact) mass is 520 g/mol. The number of pyridine rings is 1. The third-order valence-corrected chi connectivity index (χ3v) is 7.09. The molecule has 1 saturated carbocycles. The minimum atomic E-state index is -0.541. The topological polar surface area (TPSA) is 145 Å². The Labute approximate surface area is 202 Å². The lowest BCUT2D eigenvalue weighted by Crippen LogP contribution is -2.46. The summed E-state index contributed by atoms with van der Waals surface area (Å²) in [7, 11) is 0. The van der Waals surface area contributed by atoms with E-state index in [1.165, 1.54) is 6.33 Å². The summed E-state index contributed by atoms with van der Waals surface area (Å²) in [6.07, 6.45) is 2.95. The number of nitrogen functional groups attached to an aromatic ring is 2. The van der Waals surface area contributed by atoms with Gasteiger partial charge in [-0.05, 0) is 65.0 Å². The van der Waals surface area contributed by atoms with Crippen LogP contribution in [-0.4, -0.2) is 48.3 Å². The smallest absolute Gasteiger partial charge is 0.248 e. The second kappa shape index (κ2) is 7.66. The number of aromatic nitrogens is 4. The second-order valence-corrected chi connectivity index (χ2v) is 9.58. The van der Waals surface area contributed by atoms with E-state index in [2.05, 4.69) is 36.2 Å². The number of carbonyl (C=O) groups is 2. The number of benzene rings is 1. The molecule has 2 aliphatic rings. The molecule has 2 amide bonds. The Hall–Kier alpha value is -3.73. The molecule has 10 nitrogen and oxygen atoms in total. The van der Waals surface area contributed by atoms with E-state index in [0.29, 0.717) is 45.3 Å². The maximum Gasteiger partial charge on any atom is 0.248 e. The SMILES string of the molecule is Nc1ccc2c(c1)c1c(N)ncnc1n2CC(=O)N1[C@@H]2C[C@@H]2C[C@H]1C(=O)Nc1cccc(Br)n1. The van der Waals surface area contributed by atoms with Gasteiger partial charge in [0.1, 0.15) is 40.8 Å². The van der Waals surface area contributed by atoms with Crippen molar-refractivity contribution in [2.24, 2.45) is 5.92 Å². The Morgan fingerprint density at radius 2 is 2.00 bits per heavy atom. The van der Waals surface area contributed by atoms with Gasteiger partial charge in [-0.15, -0.1) is 0 Å². The Morgan fingerprint density at radius 1 is 1.15 bits per heavy atom. The summed E-state index contributed by atoms with van der Waals surface area (Å²) in [5.74, 6) is 0.757.